The van der Waals surface area contributed by atoms with E-state index in [0.29, 0.717) is 27.8 Å². The molecule has 0 saturated heterocycles. The van der Waals surface area contributed by atoms with Crippen LogP contribution in [0, 0.1) is 17.3 Å². The molecule has 118 valence electrons. The quantitative estimate of drug-likeness (QED) is 0.748. The van der Waals surface area contributed by atoms with Crippen molar-refractivity contribution in [3.05, 3.63) is 33.8 Å². The van der Waals surface area contributed by atoms with E-state index in [4.69, 9.17) is 23.2 Å². The van der Waals surface area contributed by atoms with Crippen molar-refractivity contribution >= 4 is 23.2 Å². The molecule has 1 aliphatic rings. The maximum absolute atomic E-state index is 10.5. The van der Waals surface area contributed by atoms with E-state index >= 15 is 0 Å². The van der Waals surface area contributed by atoms with E-state index in [1.165, 1.54) is 12.8 Å². The summed E-state index contributed by atoms with van der Waals surface area (Å²) in [7, 11) is 0. The van der Waals surface area contributed by atoms with Gasteiger partial charge in [0.1, 0.15) is 0 Å². The summed E-state index contributed by atoms with van der Waals surface area (Å²) in [5, 5.41) is 11.6. The molecule has 1 aromatic carbocycles. The molecule has 0 heterocycles. The Morgan fingerprint density at radius 3 is 2.24 bits per heavy atom. The number of aliphatic hydroxyl groups is 1. The van der Waals surface area contributed by atoms with E-state index in [2.05, 4.69) is 20.8 Å². The van der Waals surface area contributed by atoms with Crippen molar-refractivity contribution in [2.75, 3.05) is 0 Å². The Hall–Kier alpha value is -0.240. The van der Waals surface area contributed by atoms with Crippen LogP contribution >= 0.6 is 23.2 Å². The van der Waals surface area contributed by atoms with Crippen molar-refractivity contribution in [3.8, 4) is 0 Å². The number of hydrogen-bond acceptors (Lipinski definition) is 1. The molecule has 0 aliphatic heterocycles. The van der Waals surface area contributed by atoms with E-state index in [1.807, 2.05) is 18.2 Å². The van der Waals surface area contributed by atoms with Crippen LogP contribution in [0.2, 0.25) is 10.0 Å². The first kappa shape index (κ1) is 17.1. The number of rotatable bonds is 3. The molecule has 21 heavy (non-hydrogen) atoms. The van der Waals surface area contributed by atoms with Crippen molar-refractivity contribution in [2.45, 2.75) is 59.0 Å². The summed E-state index contributed by atoms with van der Waals surface area (Å²) in [4.78, 5) is 0. The predicted molar refractivity (Wildman–Crippen MR) is 91.1 cm³/mol. The smallest absolute Gasteiger partial charge is 0.0608 e. The second-order valence-electron chi connectivity index (χ2n) is 7.50. The zero-order chi connectivity index (χ0) is 15.6. The summed E-state index contributed by atoms with van der Waals surface area (Å²) in [6.45, 7) is 6.97. The van der Waals surface area contributed by atoms with Crippen LogP contribution in [0.5, 0.6) is 0 Å². The molecule has 1 fully saturated rings. The molecule has 1 nitrogen and oxygen atoms in total. The van der Waals surface area contributed by atoms with Crippen molar-refractivity contribution in [3.63, 3.8) is 0 Å². The zero-order valence-electron chi connectivity index (χ0n) is 13.2. The minimum Gasteiger partial charge on any atom is -0.392 e. The monoisotopic (exact) mass is 328 g/mol. The van der Waals surface area contributed by atoms with Gasteiger partial charge in [0, 0.05) is 0 Å². The van der Waals surface area contributed by atoms with Gasteiger partial charge in [0.25, 0.3) is 0 Å². The number of hydrogen-bond donors (Lipinski definition) is 1. The van der Waals surface area contributed by atoms with E-state index in [0.717, 1.165) is 24.3 Å². The van der Waals surface area contributed by atoms with Crippen molar-refractivity contribution in [2.24, 2.45) is 17.3 Å². The summed E-state index contributed by atoms with van der Waals surface area (Å²) < 4.78 is 0. The third-order valence-corrected chi connectivity index (χ3v) is 5.71. The average Bonchev–Trinajstić information content (AvgIpc) is 2.42. The second kappa shape index (κ2) is 6.89. The van der Waals surface area contributed by atoms with Crippen molar-refractivity contribution < 1.29 is 5.11 Å². The molecular formula is C18H26Cl2O. The van der Waals surface area contributed by atoms with Gasteiger partial charge in [0.15, 0.2) is 0 Å². The number of aliphatic hydroxyl groups excluding tert-OH is 1. The Balaban J connectivity index is 1.90. The van der Waals surface area contributed by atoms with E-state index < -0.39 is 0 Å². The standard InChI is InChI=1S/C18H26Cl2O/c1-18(2,3)14-7-5-13(6-8-14)17(21)11-12-4-9-15(19)16(20)10-12/h4,9-10,13-14,17,21H,5-8,11H2,1-3H3. The van der Waals surface area contributed by atoms with Crippen LogP contribution < -0.4 is 0 Å². The summed E-state index contributed by atoms with van der Waals surface area (Å²) >= 11 is 12.0. The largest absolute Gasteiger partial charge is 0.392 e. The van der Waals surface area contributed by atoms with Crippen molar-refractivity contribution in [1.82, 2.24) is 0 Å². The van der Waals surface area contributed by atoms with Gasteiger partial charge in [-0.3, -0.25) is 0 Å². The SMILES string of the molecule is CC(C)(C)C1CCC(C(O)Cc2ccc(Cl)c(Cl)c2)CC1. The first-order chi connectivity index (χ1) is 9.77. The van der Waals surface area contributed by atoms with E-state index in [1.54, 1.807) is 0 Å². The molecule has 1 aliphatic carbocycles. The normalized spacial score (nSPS) is 24.9. The molecule has 1 atom stereocenters. The molecule has 0 amide bonds. The Kier molecular flexibility index (Phi) is 5.62. The topological polar surface area (TPSA) is 20.2 Å². The highest BCUT2D eigenvalue weighted by Crippen LogP contribution is 2.41. The minimum absolute atomic E-state index is 0.275. The molecule has 2 rings (SSSR count). The van der Waals surface area contributed by atoms with Crippen LogP contribution in [0.1, 0.15) is 52.0 Å². The van der Waals surface area contributed by atoms with Crippen LogP contribution in [0.4, 0.5) is 0 Å². The summed E-state index contributed by atoms with van der Waals surface area (Å²) in [5.74, 6) is 1.20. The summed E-state index contributed by atoms with van der Waals surface area (Å²) in [5.41, 5.74) is 1.45. The van der Waals surface area contributed by atoms with Crippen LogP contribution in [0.25, 0.3) is 0 Å². The maximum Gasteiger partial charge on any atom is 0.0608 e. The fourth-order valence-corrected chi connectivity index (χ4v) is 3.77. The highest BCUT2D eigenvalue weighted by atomic mass is 35.5. The fraction of sp³-hybridized carbons (Fsp3) is 0.667. The molecule has 0 spiro atoms. The first-order valence-electron chi connectivity index (χ1n) is 7.89. The van der Waals surface area contributed by atoms with Gasteiger partial charge in [-0.15, -0.1) is 0 Å². The van der Waals surface area contributed by atoms with E-state index in [9.17, 15) is 5.11 Å². The molecule has 1 N–H and O–H groups in total. The lowest BCUT2D eigenvalue weighted by Gasteiger charge is -2.38. The summed E-state index contributed by atoms with van der Waals surface area (Å²) in [6, 6.07) is 5.63. The third-order valence-electron chi connectivity index (χ3n) is 4.97. The number of benzene rings is 1. The van der Waals surface area contributed by atoms with Crippen molar-refractivity contribution in [1.29, 1.82) is 0 Å². The predicted octanol–water partition coefficient (Wildman–Crippen LogP) is 5.75. The molecule has 0 bridgehead atoms. The highest BCUT2D eigenvalue weighted by Gasteiger charge is 2.32. The highest BCUT2D eigenvalue weighted by molar-refractivity contribution is 6.42. The molecule has 0 radical (unpaired) electrons. The van der Waals surface area contributed by atoms with Gasteiger partial charge in [0.2, 0.25) is 0 Å². The van der Waals surface area contributed by atoms with Gasteiger partial charge in [-0.25, -0.2) is 0 Å². The van der Waals surface area contributed by atoms with Crippen LogP contribution in [-0.2, 0) is 6.42 Å². The lowest BCUT2D eigenvalue weighted by atomic mass is 9.68. The van der Waals surface area contributed by atoms with Gasteiger partial charge in [-0.2, -0.15) is 0 Å². The summed E-state index contributed by atoms with van der Waals surface area (Å²) in [6.07, 6.45) is 5.11. The van der Waals surface area contributed by atoms with Crippen LogP contribution in [0.15, 0.2) is 18.2 Å². The Morgan fingerprint density at radius 2 is 1.71 bits per heavy atom. The van der Waals surface area contributed by atoms with Gasteiger partial charge in [-0.1, -0.05) is 50.0 Å². The van der Waals surface area contributed by atoms with Gasteiger partial charge >= 0.3 is 0 Å². The fourth-order valence-electron chi connectivity index (χ4n) is 3.44. The maximum atomic E-state index is 10.5. The van der Waals surface area contributed by atoms with Gasteiger partial charge in [-0.05, 0) is 67.1 Å². The molecule has 1 aromatic rings. The van der Waals surface area contributed by atoms with E-state index in [-0.39, 0.29) is 6.10 Å². The zero-order valence-corrected chi connectivity index (χ0v) is 14.7. The average molecular weight is 329 g/mol. The third kappa shape index (κ3) is 4.61. The molecular weight excluding hydrogens is 303 g/mol. The Labute approximate surface area is 138 Å². The first-order valence-corrected chi connectivity index (χ1v) is 8.65. The molecule has 3 heteroatoms. The Morgan fingerprint density at radius 1 is 1.10 bits per heavy atom. The minimum atomic E-state index is -0.275. The molecule has 1 unspecified atom stereocenters. The molecule has 1 saturated carbocycles. The lowest BCUT2D eigenvalue weighted by molar-refractivity contribution is 0.0537. The Bertz CT molecular complexity index is 471. The van der Waals surface area contributed by atoms with Gasteiger partial charge < -0.3 is 5.11 Å². The van der Waals surface area contributed by atoms with Gasteiger partial charge in [0.05, 0.1) is 16.1 Å². The van der Waals surface area contributed by atoms with Crippen LogP contribution in [0.3, 0.4) is 0 Å². The molecule has 0 aromatic heterocycles. The lowest BCUT2D eigenvalue weighted by Crippen LogP contribution is -2.31. The second-order valence-corrected chi connectivity index (χ2v) is 8.31. The number of halogens is 2. The van der Waals surface area contributed by atoms with Crippen LogP contribution in [-0.4, -0.2) is 11.2 Å².